The molecular weight excluding hydrogens is 424 g/mol. The lowest BCUT2D eigenvalue weighted by molar-refractivity contribution is -0.113. The predicted octanol–water partition coefficient (Wildman–Crippen LogP) is 1.67. The maximum absolute atomic E-state index is 12.9. The van der Waals surface area contributed by atoms with Gasteiger partial charge in [-0.15, -0.1) is 11.3 Å². The Morgan fingerprint density at radius 1 is 1.17 bits per heavy atom. The minimum Gasteiger partial charge on any atom is -0.309 e. The number of benzene rings is 1. The molecule has 0 radical (unpaired) electrons. The normalized spacial score (nSPS) is 11.1. The van der Waals surface area contributed by atoms with Gasteiger partial charge >= 0.3 is 5.69 Å². The van der Waals surface area contributed by atoms with E-state index in [1.807, 2.05) is 30.3 Å². The summed E-state index contributed by atoms with van der Waals surface area (Å²) in [5, 5.41) is 5.51. The van der Waals surface area contributed by atoms with Crippen LogP contribution in [0, 0.1) is 0 Å². The maximum atomic E-state index is 12.9. The lowest BCUT2D eigenvalue weighted by atomic mass is 10.2. The molecule has 0 aliphatic heterocycles. The van der Waals surface area contributed by atoms with Crippen LogP contribution in [0.25, 0.3) is 11.2 Å². The molecule has 0 saturated carbocycles. The SMILES string of the molecule is Cn1c(=O)c2c(nc(SCC(=O)Nc3nccs3)n2Cc2ccccc2)n(C)c1=O. The number of anilines is 1. The molecule has 1 N–H and O–H groups in total. The molecule has 0 bridgehead atoms. The zero-order valence-electron chi connectivity index (χ0n) is 16.2. The van der Waals surface area contributed by atoms with E-state index in [0.29, 0.717) is 28.0 Å². The molecule has 1 amide bonds. The summed E-state index contributed by atoms with van der Waals surface area (Å²) in [6.45, 7) is 0.390. The Kier molecular flexibility index (Phi) is 5.55. The van der Waals surface area contributed by atoms with Crippen molar-refractivity contribution in [2.75, 3.05) is 11.1 Å². The van der Waals surface area contributed by atoms with Gasteiger partial charge in [0.2, 0.25) is 5.91 Å². The van der Waals surface area contributed by atoms with Crippen molar-refractivity contribution in [2.24, 2.45) is 14.1 Å². The summed E-state index contributed by atoms with van der Waals surface area (Å²) in [5.41, 5.74) is 0.723. The van der Waals surface area contributed by atoms with Gasteiger partial charge in [0, 0.05) is 25.7 Å². The predicted molar refractivity (Wildman–Crippen MR) is 117 cm³/mol. The number of amides is 1. The van der Waals surface area contributed by atoms with Crippen LogP contribution in [-0.4, -0.2) is 35.3 Å². The van der Waals surface area contributed by atoms with E-state index in [2.05, 4.69) is 15.3 Å². The zero-order valence-corrected chi connectivity index (χ0v) is 17.9. The van der Waals surface area contributed by atoms with E-state index < -0.39 is 11.2 Å². The first-order valence-corrected chi connectivity index (χ1v) is 10.8. The van der Waals surface area contributed by atoms with Crippen LogP contribution in [0.3, 0.4) is 0 Å². The molecule has 1 aromatic carbocycles. The van der Waals surface area contributed by atoms with E-state index in [0.717, 1.165) is 10.1 Å². The van der Waals surface area contributed by atoms with Crippen LogP contribution in [-0.2, 0) is 25.4 Å². The van der Waals surface area contributed by atoms with E-state index in [1.54, 1.807) is 23.2 Å². The molecule has 154 valence electrons. The Hall–Kier alpha value is -3.18. The molecule has 0 unspecified atom stereocenters. The van der Waals surface area contributed by atoms with Gasteiger partial charge in [0.1, 0.15) is 0 Å². The molecule has 30 heavy (non-hydrogen) atoms. The Balaban J connectivity index is 1.74. The number of fused-ring (bicyclic) bond motifs is 1. The second-order valence-corrected chi connectivity index (χ2v) is 8.36. The number of hydrogen-bond acceptors (Lipinski definition) is 7. The second kappa shape index (κ2) is 8.28. The first-order chi connectivity index (χ1) is 14.5. The number of carbonyl (C=O) groups excluding carboxylic acids is 1. The van der Waals surface area contributed by atoms with Gasteiger partial charge < -0.3 is 9.88 Å². The highest BCUT2D eigenvalue weighted by atomic mass is 32.2. The van der Waals surface area contributed by atoms with Crippen LogP contribution in [0.4, 0.5) is 5.13 Å². The number of nitrogens with one attached hydrogen (secondary N) is 1. The highest BCUT2D eigenvalue weighted by molar-refractivity contribution is 7.99. The molecular formula is C19H18N6O3S2. The van der Waals surface area contributed by atoms with Crippen molar-refractivity contribution < 1.29 is 4.79 Å². The summed E-state index contributed by atoms with van der Waals surface area (Å²) < 4.78 is 4.17. The summed E-state index contributed by atoms with van der Waals surface area (Å²) in [7, 11) is 3.02. The molecule has 9 nitrogen and oxygen atoms in total. The van der Waals surface area contributed by atoms with Crippen molar-refractivity contribution >= 4 is 45.3 Å². The molecule has 3 heterocycles. The topological polar surface area (TPSA) is 104 Å². The van der Waals surface area contributed by atoms with E-state index in [1.165, 1.54) is 34.7 Å². The fraction of sp³-hybridized carbons (Fsp3) is 0.211. The van der Waals surface area contributed by atoms with Crippen LogP contribution in [0.1, 0.15) is 5.56 Å². The van der Waals surface area contributed by atoms with Gasteiger partial charge in [0.15, 0.2) is 21.5 Å². The molecule has 0 spiro atoms. The number of nitrogens with zero attached hydrogens (tertiary/aromatic N) is 5. The average Bonchev–Trinajstić information content (AvgIpc) is 3.38. The first kappa shape index (κ1) is 20.1. The van der Waals surface area contributed by atoms with Crippen molar-refractivity contribution in [3.8, 4) is 0 Å². The third-order valence-electron chi connectivity index (χ3n) is 4.51. The Bertz CT molecular complexity index is 1320. The fourth-order valence-corrected chi connectivity index (χ4v) is 4.36. The fourth-order valence-electron chi connectivity index (χ4n) is 3.02. The van der Waals surface area contributed by atoms with Crippen LogP contribution >= 0.6 is 23.1 Å². The van der Waals surface area contributed by atoms with Crippen molar-refractivity contribution in [2.45, 2.75) is 11.7 Å². The van der Waals surface area contributed by atoms with E-state index in [-0.39, 0.29) is 11.7 Å². The molecule has 11 heteroatoms. The van der Waals surface area contributed by atoms with Gasteiger partial charge in [-0.2, -0.15) is 0 Å². The van der Waals surface area contributed by atoms with Crippen LogP contribution in [0.2, 0.25) is 0 Å². The van der Waals surface area contributed by atoms with Gasteiger partial charge in [-0.3, -0.25) is 18.7 Å². The number of carbonyl (C=O) groups is 1. The van der Waals surface area contributed by atoms with Gasteiger partial charge in [-0.05, 0) is 5.56 Å². The average molecular weight is 443 g/mol. The van der Waals surface area contributed by atoms with Crippen LogP contribution < -0.4 is 16.6 Å². The quantitative estimate of drug-likeness (QED) is 0.456. The summed E-state index contributed by atoms with van der Waals surface area (Å²) in [4.78, 5) is 46.0. The van der Waals surface area contributed by atoms with Crippen molar-refractivity contribution in [3.63, 3.8) is 0 Å². The second-order valence-electron chi connectivity index (χ2n) is 6.52. The van der Waals surface area contributed by atoms with Crippen LogP contribution in [0.5, 0.6) is 0 Å². The number of aromatic nitrogens is 5. The van der Waals surface area contributed by atoms with Gasteiger partial charge in [-0.1, -0.05) is 42.1 Å². The van der Waals surface area contributed by atoms with E-state index in [9.17, 15) is 14.4 Å². The number of thiazole rings is 1. The van der Waals surface area contributed by atoms with Crippen molar-refractivity contribution in [1.82, 2.24) is 23.7 Å². The largest absolute Gasteiger partial charge is 0.332 e. The monoisotopic (exact) mass is 442 g/mol. The van der Waals surface area contributed by atoms with Gasteiger partial charge in [0.25, 0.3) is 5.56 Å². The van der Waals surface area contributed by atoms with Gasteiger partial charge in [-0.25, -0.2) is 14.8 Å². The van der Waals surface area contributed by atoms with E-state index >= 15 is 0 Å². The number of imidazole rings is 1. The molecule has 0 fully saturated rings. The Morgan fingerprint density at radius 2 is 1.93 bits per heavy atom. The summed E-state index contributed by atoms with van der Waals surface area (Å²) >= 11 is 2.54. The minimum absolute atomic E-state index is 0.0892. The first-order valence-electron chi connectivity index (χ1n) is 8.98. The molecule has 0 atom stereocenters. The lowest BCUT2D eigenvalue weighted by Gasteiger charge is -2.09. The van der Waals surface area contributed by atoms with Crippen molar-refractivity contribution in [3.05, 3.63) is 68.3 Å². The smallest absolute Gasteiger partial charge is 0.309 e. The lowest BCUT2D eigenvalue weighted by Crippen LogP contribution is -2.37. The van der Waals surface area contributed by atoms with Crippen LogP contribution in [0.15, 0.2) is 56.7 Å². The highest BCUT2D eigenvalue weighted by Gasteiger charge is 2.20. The summed E-state index contributed by atoms with van der Waals surface area (Å²) in [5.74, 6) is -0.138. The summed E-state index contributed by atoms with van der Waals surface area (Å²) in [6, 6.07) is 9.63. The molecule has 4 aromatic rings. The molecule has 0 aliphatic carbocycles. The standard InChI is InChI=1S/C19H18N6O3S2/c1-23-15-14(16(27)24(2)19(23)28)25(10-12-6-4-3-5-7-12)18(22-15)30-11-13(26)21-17-20-8-9-29-17/h3-9H,10-11H2,1-2H3,(H,20,21,26). The summed E-state index contributed by atoms with van der Waals surface area (Å²) in [6.07, 6.45) is 1.61. The third kappa shape index (κ3) is 3.81. The highest BCUT2D eigenvalue weighted by Crippen LogP contribution is 2.23. The van der Waals surface area contributed by atoms with E-state index in [4.69, 9.17) is 0 Å². The number of rotatable bonds is 6. The maximum Gasteiger partial charge on any atom is 0.332 e. The molecule has 0 aliphatic rings. The van der Waals surface area contributed by atoms with Gasteiger partial charge in [0.05, 0.1) is 12.3 Å². The number of thioether (sulfide) groups is 1. The zero-order chi connectivity index (χ0) is 21.3. The number of aryl methyl sites for hydroxylation is 1. The molecule has 4 rings (SSSR count). The number of hydrogen-bond donors (Lipinski definition) is 1. The third-order valence-corrected chi connectivity index (χ3v) is 6.17. The Morgan fingerprint density at radius 3 is 2.63 bits per heavy atom. The Labute approximate surface area is 179 Å². The minimum atomic E-state index is -0.449. The molecule has 3 aromatic heterocycles. The molecule has 0 saturated heterocycles. The van der Waals surface area contributed by atoms with Crippen molar-refractivity contribution in [1.29, 1.82) is 0 Å².